The predicted octanol–water partition coefficient (Wildman–Crippen LogP) is 2.25. The second-order valence-corrected chi connectivity index (χ2v) is 7.04. The molecule has 0 rings (SSSR count). The average molecular weight is 328 g/mol. The summed E-state index contributed by atoms with van der Waals surface area (Å²) in [5.74, 6) is -0.259. The molecule has 0 radical (unpaired) electrons. The van der Waals surface area contributed by atoms with Gasteiger partial charge in [-0.15, -0.1) is 0 Å². The molecule has 1 N–H and O–H groups in total. The molecule has 0 aliphatic carbocycles. The van der Waals surface area contributed by atoms with Crippen molar-refractivity contribution >= 4 is 10.1 Å². The first kappa shape index (κ1) is 23.9. The summed E-state index contributed by atoms with van der Waals surface area (Å²) < 4.78 is 29.4. The van der Waals surface area contributed by atoms with E-state index in [0.29, 0.717) is 0 Å². The summed E-state index contributed by atoms with van der Waals surface area (Å²) in [6.45, 7) is 2.25. The van der Waals surface area contributed by atoms with E-state index < -0.39 is 10.1 Å². The van der Waals surface area contributed by atoms with E-state index >= 15 is 0 Å². The maximum Gasteiger partial charge on any atom is 1.00 e. The van der Waals surface area contributed by atoms with Crippen LogP contribution in [-0.4, -0.2) is 18.7 Å². The van der Waals surface area contributed by atoms with Crippen LogP contribution in [-0.2, 0) is 10.1 Å². The standard InChI is InChI=1S/C16H32O3S.Na.H/c1-2-3-4-5-6-7-8-9-10-11-12-13-14-15-16-20(17,18)19;;/h14-15H,2-13,16H2,1H3,(H,17,18,19);;/q;+1;-1. The zero-order valence-corrected chi connectivity index (χ0v) is 16.8. The average Bonchev–Trinajstić information content (AvgIpc) is 2.38. The molecular weight excluding hydrogens is 295 g/mol. The van der Waals surface area contributed by atoms with Crippen LogP contribution in [0.25, 0.3) is 0 Å². The maximum absolute atomic E-state index is 10.5. The van der Waals surface area contributed by atoms with Crippen LogP contribution in [0.2, 0.25) is 0 Å². The fourth-order valence-electron chi connectivity index (χ4n) is 2.23. The molecule has 0 unspecified atom stereocenters. The molecule has 0 atom stereocenters. The second-order valence-electron chi connectivity index (χ2n) is 5.54. The van der Waals surface area contributed by atoms with E-state index in [0.717, 1.165) is 12.8 Å². The first-order valence-electron chi connectivity index (χ1n) is 8.16. The molecule has 0 bridgehead atoms. The zero-order valence-electron chi connectivity index (χ0n) is 15.0. The molecule has 21 heavy (non-hydrogen) atoms. The molecule has 0 saturated heterocycles. The van der Waals surface area contributed by atoms with Gasteiger partial charge in [0.25, 0.3) is 10.1 Å². The quantitative estimate of drug-likeness (QED) is 0.230. The summed E-state index contributed by atoms with van der Waals surface area (Å²) in [4.78, 5) is 0. The molecule has 0 amide bonds. The Morgan fingerprint density at radius 1 is 0.810 bits per heavy atom. The Morgan fingerprint density at radius 2 is 1.24 bits per heavy atom. The van der Waals surface area contributed by atoms with Gasteiger partial charge in [-0.05, 0) is 12.8 Å². The minimum Gasteiger partial charge on any atom is -1.00 e. The summed E-state index contributed by atoms with van der Waals surface area (Å²) in [7, 11) is -3.83. The molecule has 122 valence electrons. The van der Waals surface area contributed by atoms with Crippen LogP contribution in [0.15, 0.2) is 12.2 Å². The molecule has 0 fully saturated rings. The number of unbranched alkanes of at least 4 members (excludes halogenated alkanes) is 11. The molecule has 0 heterocycles. The summed E-state index contributed by atoms with van der Waals surface area (Å²) in [6, 6.07) is 0. The molecule has 0 aromatic rings. The molecule has 0 aromatic carbocycles. The minimum absolute atomic E-state index is 0. The van der Waals surface area contributed by atoms with Gasteiger partial charge in [0.2, 0.25) is 0 Å². The van der Waals surface area contributed by atoms with Gasteiger partial charge in [-0.25, -0.2) is 0 Å². The van der Waals surface area contributed by atoms with Crippen molar-refractivity contribution in [3.8, 4) is 0 Å². The van der Waals surface area contributed by atoms with Gasteiger partial charge < -0.3 is 1.43 Å². The first-order valence-corrected chi connectivity index (χ1v) is 9.77. The van der Waals surface area contributed by atoms with E-state index in [1.54, 1.807) is 0 Å². The Kier molecular flexibility index (Phi) is 19.4. The molecule has 0 aliphatic heterocycles. The van der Waals surface area contributed by atoms with Crippen molar-refractivity contribution in [2.75, 3.05) is 5.75 Å². The Bertz CT molecular complexity index is 332. The van der Waals surface area contributed by atoms with E-state index in [9.17, 15) is 8.42 Å². The van der Waals surface area contributed by atoms with Crippen LogP contribution in [0, 0.1) is 0 Å². The normalized spacial score (nSPS) is 11.7. The number of hydrogen-bond acceptors (Lipinski definition) is 2. The van der Waals surface area contributed by atoms with Gasteiger partial charge in [-0.3, -0.25) is 4.55 Å². The van der Waals surface area contributed by atoms with Crippen LogP contribution in [0.5, 0.6) is 0 Å². The van der Waals surface area contributed by atoms with E-state index in [1.807, 2.05) is 6.08 Å². The number of hydrogen-bond donors (Lipinski definition) is 1. The summed E-state index contributed by atoms with van der Waals surface area (Å²) in [6.07, 6.45) is 18.8. The van der Waals surface area contributed by atoms with Gasteiger partial charge in [0.05, 0.1) is 5.75 Å². The van der Waals surface area contributed by atoms with Gasteiger partial charge in [0, 0.05) is 0 Å². The fourth-order valence-corrected chi connectivity index (χ4v) is 2.61. The van der Waals surface area contributed by atoms with Gasteiger partial charge in [-0.1, -0.05) is 83.3 Å². The minimum atomic E-state index is -3.83. The fraction of sp³-hybridized carbons (Fsp3) is 0.875. The monoisotopic (exact) mass is 328 g/mol. The first-order chi connectivity index (χ1) is 9.56. The third-order valence-corrected chi connectivity index (χ3v) is 4.06. The summed E-state index contributed by atoms with van der Waals surface area (Å²) in [5, 5.41) is 0. The van der Waals surface area contributed by atoms with Crippen molar-refractivity contribution in [3.63, 3.8) is 0 Å². The van der Waals surface area contributed by atoms with Crippen LogP contribution >= 0.6 is 0 Å². The zero-order chi connectivity index (χ0) is 15.1. The maximum atomic E-state index is 10.5. The van der Waals surface area contributed by atoms with Crippen molar-refractivity contribution in [2.24, 2.45) is 0 Å². The summed E-state index contributed by atoms with van der Waals surface area (Å²) >= 11 is 0. The largest absolute Gasteiger partial charge is 1.00 e. The second kappa shape index (κ2) is 17.0. The third-order valence-electron chi connectivity index (χ3n) is 3.45. The third kappa shape index (κ3) is 23.1. The van der Waals surface area contributed by atoms with Gasteiger partial charge in [0.15, 0.2) is 0 Å². The van der Waals surface area contributed by atoms with Crippen molar-refractivity contribution in [1.29, 1.82) is 0 Å². The van der Waals surface area contributed by atoms with Crippen LogP contribution in [0.1, 0.15) is 85.4 Å². The molecule has 3 nitrogen and oxygen atoms in total. The topological polar surface area (TPSA) is 54.4 Å². The van der Waals surface area contributed by atoms with E-state index in [-0.39, 0.29) is 36.7 Å². The van der Waals surface area contributed by atoms with Gasteiger partial charge in [-0.2, -0.15) is 8.42 Å². The Hall–Kier alpha value is 0.650. The molecule has 0 spiro atoms. The Morgan fingerprint density at radius 3 is 1.67 bits per heavy atom. The smallest absolute Gasteiger partial charge is 1.00 e. The van der Waals surface area contributed by atoms with Crippen molar-refractivity contribution < 1.29 is 44.0 Å². The van der Waals surface area contributed by atoms with Gasteiger partial charge in [0.1, 0.15) is 0 Å². The molecular formula is C16H33NaO3S. The number of allylic oxidation sites excluding steroid dienone is 1. The molecule has 0 aromatic heterocycles. The Labute approximate surface area is 155 Å². The molecule has 5 heteroatoms. The van der Waals surface area contributed by atoms with Gasteiger partial charge >= 0.3 is 29.6 Å². The molecule has 0 saturated carbocycles. The van der Waals surface area contributed by atoms with Crippen LogP contribution < -0.4 is 29.6 Å². The van der Waals surface area contributed by atoms with E-state index in [4.69, 9.17) is 4.55 Å². The molecule has 0 aliphatic rings. The van der Waals surface area contributed by atoms with E-state index in [1.165, 1.54) is 70.3 Å². The van der Waals surface area contributed by atoms with Crippen LogP contribution in [0.4, 0.5) is 0 Å². The van der Waals surface area contributed by atoms with Crippen molar-refractivity contribution in [2.45, 2.75) is 84.0 Å². The van der Waals surface area contributed by atoms with Crippen molar-refractivity contribution in [3.05, 3.63) is 12.2 Å². The van der Waals surface area contributed by atoms with E-state index in [2.05, 4.69) is 6.92 Å². The summed E-state index contributed by atoms with van der Waals surface area (Å²) in [5.41, 5.74) is 0. The SMILES string of the molecule is CCCCCCCCCCCCCC=CCS(=O)(=O)O.[H-].[Na+]. The number of rotatable bonds is 14. The van der Waals surface area contributed by atoms with Crippen molar-refractivity contribution in [1.82, 2.24) is 0 Å². The van der Waals surface area contributed by atoms with Crippen LogP contribution in [0.3, 0.4) is 0 Å². The Balaban J connectivity index is -0.00000180. The predicted molar refractivity (Wildman–Crippen MR) is 87.7 cm³/mol.